The highest BCUT2D eigenvalue weighted by Crippen LogP contribution is 2.21. The van der Waals surface area contributed by atoms with Gasteiger partial charge in [-0.15, -0.1) is 0 Å². The van der Waals surface area contributed by atoms with Gasteiger partial charge in [0.05, 0.1) is 21.1 Å². The van der Waals surface area contributed by atoms with E-state index < -0.39 is 18.0 Å². The van der Waals surface area contributed by atoms with E-state index in [-0.39, 0.29) is 18.7 Å². The minimum atomic E-state index is -1.83. The average molecular weight is 315 g/mol. The lowest BCUT2D eigenvalue weighted by Gasteiger charge is -2.35. The lowest BCUT2D eigenvalue weighted by atomic mass is 9.87. The monoisotopic (exact) mass is 315 g/mol. The fourth-order valence-electron chi connectivity index (χ4n) is 2.76. The van der Waals surface area contributed by atoms with Crippen LogP contribution >= 0.6 is 0 Å². The molecule has 0 aromatic rings. The number of Topliss-reactive ketones (excluding diaryl/α,β-unsaturated/α-hetero) is 1. The molecule has 5 heteroatoms. The van der Waals surface area contributed by atoms with Gasteiger partial charge in [0, 0.05) is 18.8 Å². The van der Waals surface area contributed by atoms with Gasteiger partial charge in [0.15, 0.2) is 11.4 Å². The largest absolute Gasteiger partial charge is 0.550 e. The third-order valence-electron chi connectivity index (χ3n) is 3.86. The second-order valence-corrected chi connectivity index (χ2v) is 7.59. The summed E-state index contributed by atoms with van der Waals surface area (Å²) >= 11 is 0. The molecule has 0 amide bonds. The summed E-state index contributed by atoms with van der Waals surface area (Å²) in [5.74, 6) is -1.36. The Balaban J connectivity index is 4.60. The molecular formula is C17H33NO4. The van der Waals surface area contributed by atoms with Crippen molar-refractivity contribution in [1.29, 1.82) is 0 Å². The molecule has 0 aromatic heterocycles. The van der Waals surface area contributed by atoms with Crippen molar-refractivity contribution in [3.05, 3.63) is 0 Å². The lowest BCUT2D eigenvalue weighted by Crippen LogP contribution is -2.56. The van der Waals surface area contributed by atoms with Crippen molar-refractivity contribution >= 4 is 11.8 Å². The first kappa shape index (κ1) is 21.1. The van der Waals surface area contributed by atoms with Crippen molar-refractivity contribution in [3.63, 3.8) is 0 Å². The molecule has 0 aliphatic carbocycles. The van der Waals surface area contributed by atoms with Gasteiger partial charge in [-0.1, -0.05) is 39.5 Å². The average Bonchev–Trinajstić information content (AvgIpc) is 2.32. The molecule has 0 radical (unpaired) electrons. The standard InChI is InChI=1S/C17H33NO4/c1-6-7-8-9-14(2)10-11-15(19)17(22,12-16(20)21)13-18(3,4)5/h14,22H,6-13H2,1-5H3. The predicted octanol–water partition coefficient (Wildman–Crippen LogP) is 1.13. The molecule has 2 unspecified atom stereocenters. The molecule has 0 bridgehead atoms. The number of hydrogen-bond donors (Lipinski definition) is 1. The summed E-state index contributed by atoms with van der Waals surface area (Å²) in [6.45, 7) is 4.32. The Hall–Kier alpha value is -0.940. The number of hydrogen-bond acceptors (Lipinski definition) is 4. The molecule has 0 aliphatic rings. The first-order valence-corrected chi connectivity index (χ1v) is 8.26. The van der Waals surface area contributed by atoms with Gasteiger partial charge in [-0.25, -0.2) is 0 Å². The topological polar surface area (TPSA) is 77.4 Å². The number of carbonyl (C=O) groups excluding carboxylic acids is 2. The van der Waals surface area contributed by atoms with Crippen molar-refractivity contribution in [2.75, 3.05) is 27.7 Å². The van der Waals surface area contributed by atoms with E-state index in [1.54, 1.807) is 0 Å². The minimum absolute atomic E-state index is 0.0734. The zero-order chi connectivity index (χ0) is 17.4. The molecule has 0 fully saturated rings. The van der Waals surface area contributed by atoms with E-state index in [0.717, 1.165) is 12.8 Å². The van der Waals surface area contributed by atoms with Gasteiger partial charge in [0.25, 0.3) is 0 Å². The third-order valence-corrected chi connectivity index (χ3v) is 3.86. The van der Waals surface area contributed by atoms with Crippen LogP contribution in [-0.2, 0) is 9.59 Å². The quantitative estimate of drug-likeness (QED) is 0.432. The number of unbranched alkanes of at least 4 members (excludes halogenated alkanes) is 2. The molecule has 0 rings (SSSR count). The van der Waals surface area contributed by atoms with Crippen LogP contribution in [0.4, 0.5) is 0 Å². The predicted molar refractivity (Wildman–Crippen MR) is 85.0 cm³/mol. The van der Waals surface area contributed by atoms with Crippen LogP contribution in [-0.4, -0.2) is 54.6 Å². The van der Waals surface area contributed by atoms with Crippen LogP contribution in [0.15, 0.2) is 0 Å². The Bertz CT molecular complexity index is 362. The van der Waals surface area contributed by atoms with Crippen molar-refractivity contribution in [2.45, 2.75) is 64.4 Å². The van der Waals surface area contributed by atoms with Crippen LogP contribution in [0.2, 0.25) is 0 Å². The van der Waals surface area contributed by atoms with Crippen LogP contribution in [0.3, 0.4) is 0 Å². The van der Waals surface area contributed by atoms with E-state index in [4.69, 9.17) is 0 Å². The molecule has 0 heterocycles. The van der Waals surface area contributed by atoms with Crippen LogP contribution < -0.4 is 5.11 Å². The molecule has 0 aliphatic heterocycles. The molecule has 0 saturated carbocycles. The van der Waals surface area contributed by atoms with Gasteiger partial charge >= 0.3 is 0 Å². The van der Waals surface area contributed by atoms with Crippen molar-refractivity contribution in [1.82, 2.24) is 0 Å². The Morgan fingerprint density at radius 1 is 1.18 bits per heavy atom. The van der Waals surface area contributed by atoms with Crippen molar-refractivity contribution in [3.8, 4) is 0 Å². The van der Waals surface area contributed by atoms with E-state index in [2.05, 4.69) is 13.8 Å². The number of aliphatic hydroxyl groups is 1. The van der Waals surface area contributed by atoms with Gasteiger partial charge in [-0.2, -0.15) is 0 Å². The molecule has 130 valence electrons. The first-order chi connectivity index (χ1) is 10.00. The number of likely N-dealkylation sites (N-methyl/N-ethyl adjacent to an activating group) is 1. The van der Waals surface area contributed by atoms with Crippen molar-refractivity contribution in [2.24, 2.45) is 5.92 Å². The molecule has 1 N–H and O–H groups in total. The number of carboxylic acids is 1. The van der Waals surface area contributed by atoms with Crippen LogP contribution in [0, 0.1) is 5.92 Å². The Morgan fingerprint density at radius 3 is 2.23 bits per heavy atom. The van der Waals surface area contributed by atoms with Gasteiger partial charge in [0.2, 0.25) is 0 Å². The minimum Gasteiger partial charge on any atom is -0.550 e. The second kappa shape index (κ2) is 9.26. The highest BCUT2D eigenvalue weighted by molar-refractivity contribution is 5.90. The van der Waals surface area contributed by atoms with E-state index in [9.17, 15) is 19.8 Å². The maximum atomic E-state index is 12.4. The fraction of sp³-hybridized carbons (Fsp3) is 0.882. The zero-order valence-electron chi connectivity index (χ0n) is 14.9. The Morgan fingerprint density at radius 2 is 1.77 bits per heavy atom. The number of quaternary nitrogens is 1. The molecular weight excluding hydrogens is 282 g/mol. The van der Waals surface area contributed by atoms with E-state index >= 15 is 0 Å². The van der Waals surface area contributed by atoms with E-state index in [1.165, 1.54) is 12.8 Å². The molecule has 2 atom stereocenters. The van der Waals surface area contributed by atoms with Crippen LogP contribution in [0.1, 0.15) is 58.8 Å². The Labute approximate surface area is 134 Å². The number of ketones is 1. The smallest absolute Gasteiger partial charge is 0.177 e. The number of rotatable bonds is 12. The molecule has 22 heavy (non-hydrogen) atoms. The lowest BCUT2D eigenvalue weighted by molar-refractivity contribution is -0.875. The first-order valence-electron chi connectivity index (χ1n) is 8.26. The van der Waals surface area contributed by atoms with Crippen LogP contribution in [0.25, 0.3) is 0 Å². The number of nitrogens with zero attached hydrogens (tertiary/aromatic N) is 1. The number of carbonyl (C=O) groups is 2. The molecule has 0 spiro atoms. The normalized spacial score (nSPS) is 16.1. The highest BCUT2D eigenvalue weighted by Gasteiger charge is 2.40. The zero-order valence-corrected chi connectivity index (χ0v) is 14.9. The summed E-state index contributed by atoms with van der Waals surface area (Å²) in [5, 5.41) is 21.4. The molecule has 0 aromatic carbocycles. The molecule has 0 saturated heterocycles. The van der Waals surface area contributed by atoms with Gasteiger partial charge in [0.1, 0.15) is 6.54 Å². The summed E-state index contributed by atoms with van der Waals surface area (Å²) in [7, 11) is 5.46. The SMILES string of the molecule is CCCCCC(C)CCC(=O)C(O)(CC(=O)[O-])C[N+](C)(C)C. The third kappa shape index (κ3) is 9.15. The summed E-state index contributed by atoms with van der Waals surface area (Å²) in [6, 6.07) is 0. The van der Waals surface area contributed by atoms with E-state index in [1.807, 2.05) is 21.1 Å². The van der Waals surface area contributed by atoms with E-state index in [0.29, 0.717) is 16.8 Å². The number of aliphatic carboxylic acids is 1. The Kier molecular flexibility index (Phi) is 8.86. The summed E-state index contributed by atoms with van der Waals surface area (Å²) in [6.07, 6.45) is 4.84. The maximum absolute atomic E-state index is 12.4. The maximum Gasteiger partial charge on any atom is 0.177 e. The van der Waals surface area contributed by atoms with Gasteiger partial charge in [-0.3, -0.25) is 4.79 Å². The second-order valence-electron chi connectivity index (χ2n) is 7.59. The summed E-state index contributed by atoms with van der Waals surface area (Å²) in [4.78, 5) is 23.2. The highest BCUT2D eigenvalue weighted by atomic mass is 16.4. The molecule has 5 nitrogen and oxygen atoms in total. The fourth-order valence-corrected chi connectivity index (χ4v) is 2.76. The van der Waals surface area contributed by atoms with Gasteiger partial charge in [-0.05, 0) is 12.3 Å². The summed E-state index contributed by atoms with van der Waals surface area (Å²) < 4.78 is 0.321. The van der Waals surface area contributed by atoms with Gasteiger partial charge < -0.3 is 19.5 Å². The van der Waals surface area contributed by atoms with Crippen molar-refractivity contribution < 1.29 is 24.3 Å². The summed E-state index contributed by atoms with van der Waals surface area (Å²) in [5.41, 5.74) is -1.83. The van der Waals surface area contributed by atoms with Crippen LogP contribution in [0.5, 0.6) is 0 Å². The number of carboxylic acid groups (broad SMARTS) is 1.